The molecular weight excluding hydrogens is 453 g/mol. The van der Waals surface area contributed by atoms with Crippen molar-refractivity contribution in [3.05, 3.63) is 52.3 Å². The van der Waals surface area contributed by atoms with Crippen LogP contribution in [0.15, 0.2) is 41.2 Å². The number of hydrogen-bond acceptors (Lipinski definition) is 6. The number of Topliss-reactive ketones (excluding diaryl/α,β-unsaturated/α-hetero) is 2. The van der Waals surface area contributed by atoms with Gasteiger partial charge in [-0.25, -0.2) is 4.79 Å². The number of alkyl halides is 2. The van der Waals surface area contributed by atoms with Gasteiger partial charge in [0.05, 0.1) is 17.2 Å². The van der Waals surface area contributed by atoms with Crippen LogP contribution in [0, 0.1) is 12.8 Å². The molecule has 6 nitrogen and oxygen atoms in total. The van der Waals surface area contributed by atoms with E-state index in [0.717, 1.165) is 11.3 Å². The van der Waals surface area contributed by atoms with Crippen LogP contribution in [-0.2, 0) is 19.1 Å². The lowest BCUT2D eigenvalue weighted by molar-refractivity contribution is -0.133. The Hall–Kier alpha value is -2.31. The Morgan fingerprint density at radius 3 is 2.41 bits per heavy atom. The molecule has 1 heterocycles. The van der Waals surface area contributed by atoms with E-state index >= 15 is 0 Å². The van der Waals surface area contributed by atoms with Crippen LogP contribution >= 0.6 is 23.2 Å². The molecule has 0 aromatic heterocycles. The molecule has 3 atom stereocenters. The molecule has 8 heteroatoms. The summed E-state index contributed by atoms with van der Waals surface area (Å²) in [6.07, 6.45) is -0.0371. The molecule has 0 bridgehead atoms. The number of halogens is 2. The van der Waals surface area contributed by atoms with Crippen molar-refractivity contribution in [3.63, 3.8) is 0 Å². The topological polar surface area (TPSA) is 72.9 Å². The van der Waals surface area contributed by atoms with Crippen LogP contribution in [0.3, 0.4) is 0 Å². The lowest BCUT2D eigenvalue weighted by Crippen LogP contribution is -2.42. The summed E-state index contributed by atoms with van der Waals surface area (Å²) in [5.74, 6) is -0.358. The quantitative estimate of drug-likeness (QED) is 0.410. The number of ether oxygens (including phenoxy) is 2. The van der Waals surface area contributed by atoms with Gasteiger partial charge >= 0.3 is 5.97 Å². The molecule has 1 aromatic rings. The van der Waals surface area contributed by atoms with Crippen LogP contribution in [0.5, 0.6) is 0 Å². The Bertz CT molecular complexity index is 994. The molecule has 1 aromatic carbocycles. The van der Waals surface area contributed by atoms with Gasteiger partial charge in [0.1, 0.15) is 6.10 Å². The summed E-state index contributed by atoms with van der Waals surface area (Å²) in [4.78, 5) is 40.7. The Balaban J connectivity index is 1.83. The standard InChI is InChI=1S/C24H27Cl2NO5/c1-13-5-6-17(12-19(13)27(9-7-25)10-8-26)24(30)32-16(4)20-15(3)21(28)23-18(22(20)29)11-14(2)31-23/h5-6,11-12,16,18,23H,7-10H2,1-4H3. The number of aryl methyl sites for hydroxylation is 1. The highest BCUT2D eigenvalue weighted by Crippen LogP contribution is 2.35. The maximum absolute atomic E-state index is 13.0. The van der Waals surface area contributed by atoms with Crippen LogP contribution in [0.25, 0.3) is 0 Å². The van der Waals surface area contributed by atoms with Gasteiger partial charge in [0.25, 0.3) is 0 Å². The minimum Gasteiger partial charge on any atom is -0.486 e. The van der Waals surface area contributed by atoms with E-state index in [1.165, 1.54) is 0 Å². The second-order valence-electron chi connectivity index (χ2n) is 8.02. The highest BCUT2D eigenvalue weighted by molar-refractivity contribution is 6.19. The van der Waals surface area contributed by atoms with Gasteiger partial charge in [-0.05, 0) is 51.5 Å². The molecule has 0 spiro atoms. The molecule has 0 radical (unpaired) electrons. The lowest BCUT2D eigenvalue weighted by atomic mass is 9.79. The molecular formula is C24H27Cl2NO5. The molecule has 0 amide bonds. The third kappa shape index (κ3) is 4.71. The summed E-state index contributed by atoms with van der Waals surface area (Å²) in [6.45, 7) is 8.02. The van der Waals surface area contributed by atoms with Gasteiger partial charge in [0, 0.05) is 41.7 Å². The predicted molar refractivity (Wildman–Crippen MR) is 125 cm³/mol. The molecule has 0 saturated carbocycles. The Morgan fingerprint density at radius 1 is 1.12 bits per heavy atom. The lowest BCUT2D eigenvalue weighted by Gasteiger charge is -2.28. The van der Waals surface area contributed by atoms with E-state index in [9.17, 15) is 14.4 Å². The van der Waals surface area contributed by atoms with Crippen molar-refractivity contribution in [1.82, 2.24) is 0 Å². The predicted octanol–water partition coefficient (Wildman–Crippen LogP) is 4.21. The first kappa shape index (κ1) is 24.3. The van der Waals surface area contributed by atoms with Crippen molar-refractivity contribution in [2.24, 2.45) is 5.92 Å². The molecule has 3 rings (SSSR count). The molecule has 1 aliphatic heterocycles. The van der Waals surface area contributed by atoms with E-state index in [1.807, 2.05) is 17.9 Å². The number of fused-ring (bicyclic) bond motifs is 1. The van der Waals surface area contributed by atoms with Gasteiger partial charge in [0.2, 0.25) is 5.78 Å². The first-order valence-electron chi connectivity index (χ1n) is 10.5. The van der Waals surface area contributed by atoms with E-state index in [-0.39, 0.29) is 22.7 Å². The van der Waals surface area contributed by atoms with E-state index < -0.39 is 24.1 Å². The van der Waals surface area contributed by atoms with E-state index in [4.69, 9.17) is 32.7 Å². The Kier molecular flexibility index (Phi) is 7.67. The zero-order chi connectivity index (χ0) is 23.6. The van der Waals surface area contributed by atoms with E-state index in [0.29, 0.717) is 36.2 Å². The number of anilines is 1. The zero-order valence-corrected chi connectivity index (χ0v) is 20.1. The fourth-order valence-electron chi connectivity index (χ4n) is 4.22. The monoisotopic (exact) mass is 479 g/mol. The first-order valence-corrected chi connectivity index (χ1v) is 11.6. The van der Waals surface area contributed by atoms with Crippen LogP contribution in [0.4, 0.5) is 5.69 Å². The number of esters is 1. The van der Waals surface area contributed by atoms with Gasteiger partial charge < -0.3 is 14.4 Å². The molecule has 1 aliphatic carbocycles. The summed E-state index contributed by atoms with van der Waals surface area (Å²) >= 11 is 11.8. The van der Waals surface area contributed by atoms with Crippen molar-refractivity contribution in [2.75, 3.05) is 29.7 Å². The zero-order valence-electron chi connectivity index (χ0n) is 18.6. The van der Waals surface area contributed by atoms with Crippen LogP contribution < -0.4 is 4.90 Å². The summed E-state index contributed by atoms with van der Waals surface area (Å²) in [7, 11) is 0. The number of allylic oxidation sites excluding steroid dienone is 1. The third-order valence-electron chi connectivity index (χ3n) is 5.84. The summed E-state index contributed by atoms with van der Waals surface area (Å²) in [5, 5.41) is 0. The van der Waals surface area contributed by atoms with Crippen LogP contribution in [-0.4, -0.2) is 54.6 Å². The van der Waals surface area contributed by atoms with Gasteiger partial charge in [-0.15, -0.1) is 23.2 Å². The maximum atomic E-state index is 13.0. The van der Waals surface area contributed by atoms with E-state index in [1.54, 1.807) is 39.0 Å². The van der Waals surface area contributed by atoms with Crippen molar-refractivity contribution < 1.29 is 23.9 Å². The molecule has 172 valence electrons. The van der Waals surface area contributed by atoms with Crippen LogP contribution in [0.1, 0.15) is 36.7 Å². The Morgan fingerprint density at radius 2 is 1.78 bits per heavy atom. The van der Waals surface area contributed by atoms with Gasteiger partial charge in [0.15, 0.2) is 11.9 Å². The average molecular weight is 480 g/mol. The molecule has 32 heavy (non-hydrogen) atoms. The van der Waals surface area contributed by atoms with Gasteiger partial charge in [-0.2, -0.15) is 0 Å². The largest absolute Gasteiger partial charge is 0.486 e. The van der Waals surface area contributed by atoms with E-state index in [2.05, 4.69) is 0 Å². The fourth-order valence-corrected chi connectivity index (χ4v) is 4.63. The fraction of sp³-hybridized carbons (Fsp3) is 0.458. The molecule has 0 fully saturated rings. The minimum absolute atomic E-state index is 0.220. The molecule has 2 aliphatic rings. The number of hydrogen-bond donors (Lipinski definition) is 0. The molecule has 3 unspecified atom stereocenters. The third-order valence-corrected chi connectivity index (χ3v) is 6.18. The van der Waals surface area contributed by atoms with Gasteiger partial charge in [-0.3, -0.25) is 9.59 Å². The first-order chi connectivity index (χ1) is 15.2. The summed E-state index contributed by atoms with van der Waals surface area (Å²) < 4.78 is 11.1. The molecule has 0 saturated heterocycles. The smallest absolute Gasteiger partial charge is 0.338 e. The average Bonchev–Trinajstić information content (AvgIpc) is 3.14. The molecule has 0 N–H and O–H groups in total. The summed E-state index contributed by atoms with van der Waals surface area (Å²) in [5.41, 5.74) is 2.67. The number of carbonyl (C=O) groups is 3. The number of carbonyl (C=O) groups excluding carboxylic acids is 3. The second kappa shape index (κ2) is 10.1. The highest BCUT2D eigenvalue weighted by Gasteiger charge is 2.46. The minimum atomic E-state index is -0.874. The normalized spacial score (nSPS) is 21.1. The summed E-state index contributed by atoms with van der Waals surface area (Å²) in [6, 6.07) is 5.25. The maximum Gasteiger partial charge on any atom is 0.338 e. The van der Waals surface area contributed by atoms with Crippen molar-refractivity contribution in [2.45, 2.75) is 39.9 Å². The van der Waals surface area contributed by atoms with Crippen molar-refractivity contribution in [3.8, 4) is 0 Å². The van der Waals surface area contributed by atoms with Crippen molar-refractivity contribution in [1.29, 1.82) is 0 Å². The number of rotatable bonds is 8. The SMILES string of the molecule is CC1=CC2C(=O)C(C(C)OC(=O)c3ccc(C)c(N(CCCl)CCCl)c3)=C(C)C(=O)C2O1. The van der Waals surface area contributed by atoms with Crippen molar-refractivity contribution >= 4 is 46.4 Å². The number of ketones is 2. The van der Waals surface area contributed by atoms with Gasteiger partial charge in [-0.1, -0.05) is 6.07 Å². The highest BCUT2D eigenvalue weighted by atomic mass is 35.5. The number of nitrogens with zero attached hydrogens (tertiary/aromatic N) is 1. The van der Waals surface area contributed by atoms with Crippen LogP contribution in [0.2, 0.25) is 0 Å². The number of benzene rings is 1. The Labute approximate surface area is 198 Å². The second-order valence-corrected chi connectivity index (χ2v) is 8.78.